The third kappa shape index (κ3) is 5.20. The van der Waals surface area contributed by atoms with E-state index < -0.39 is 0 Å². The number of carbonyl (C=O) groups excluding carboxylic acids is 1. The lowest BCUT2D eigenvalue weighted by Gasteiger charge is -2.34. The molecule has 1 aliphatic rings. The molecule has 5 nitrogen and oxygen atoms in total. The van der Waals surface area contributed by atoms with Crippen LogP contribution in [0.3, 0.4) is 0 Å². The van der Waals surface area contributed by atoms with Gasteiger partial charge in [-0.05, 0) is 54.6 Å². The molecule has 0 N–H and O–H groups in total. The summed E-state index contributed by atoms with van der Waals surface area (Å²) in [4.78, 5) is 22.7. The molecule has 1 aromatic heterocycles. The van der Waals surface area contributed by atoms with E-state index in [0.717, 1.165) is 64.5 Å². The number of nitrogens with zero attached hydrogens (tertiary/aromatic N) is 3. The van der Waals surface area contributed by atoms with E-state index in [-0.39, 0.29) is 5.91 Å². The highest BCUT2D eigenvalue weighted by molar-refractivity contribution is 7.99. The summed E-state index contributed by atoms with van der Waals surface area (Å²) in [6.07, 6.45) is 1.48. The van der Waals surface area contributed by atoms with Crippen molar-refractivity contribution in [2.24, 2.45) is 0 Å². The van der Waals surface area contributed by atoms with E-state index in [1.807, 2.05) is 35.2 Å². The zero-order valence-electron chi connectivity index (χ0n) is 16.8. The van der Waals surface area contributed by atoms with Crippen LogP contribution in [-0.2, 0) is 4.79 Å². The van der Waals surface area contributed by atoms with Crippen LogP contribution in [0.1, 0.15) is 12.8 Å². The lowest BCUT2D eigenvalue weighted by molar-refractivity contribution is -0.131. The number of carbonyl (C=O) groups is 1. The third-order valence-electron chi connectivity index (χ3n) is 5.11. The molecule has 0 saturated carbocycles. The van der Waals surface area contributed by atoms with Crippen molar-refractivity contribution in [1.82, 2.24) is 9.88 Å². The first-order valence-electron chi connectivity index (χ1n) is 9.98. The Morgan fingerprint density at radius 3 is 2.67 bits per heavy atom. The summed E-state index contributed by atoms with van der Waals surface area (Å²) >= 11 is 9.52. The van der Waals surface area contributed by atoms with Gasteiger partial charge in [0, 0.05) is 42.5 Å². The van der Waals surface area contributed by atoms with Crippen LogP contribution in [0.5, 0.6) is 5.75 Å². The number of thioether (sulfide) groups is 1. The average Bonchev–Trinajstić information content (AvgIpc) is 3.20. The summed E-state index contributed by atoms with van der Waals surface area (Å²) in [5.41, 5.74) is 0.979. The fourth-order valence-electron chi connectivity index (χ4n) is 3.41. The maximum atomic E-state index is 12.6. The number of hydrogen-bond donors (Lipinski definition) is 0. The van der Waals surface area contributed by atoms with Crippen LogP contribution in [0.2, 0.25) is 5.02 Å². The number of anilines is 1. The maximum absolute atomic E-state index is 12.6. The van der Waals surface area contributed by atoms with Gasteiger partial charge in [-0.25, -0.2) is 4.98 Å². The third-order valence-corrected chi connectivity index (χ3v) is 7.52. The normalized spacial score (nSPS) is 14.3. The molecule has 1 aliphatic heterocycles. The van der Waals surface area contributed by atoms with Crippen molar-refractivity contribution >= 4 is 56.0 Å². The molecule has 0 aliphatic carbocycles. The summed E-state index contributed by atoms with van der Waals surface area (Å²) in [6, 6.07) is 13.8. The highest BCUT2D eigenvalue weighted by atomic mass is 35.5. The number of ether oxygens (including phenoxy) is 1. The summed E-state index contributed by atoms with van der Waals surface area (Å²) in [6.45, 7) is 3.14. The quantitative estimate of drug-likeness (QED) is 0.358. The van der Waals surface area contributed by atoms with Crippen molar-refractivity contribution in [2.75, 3.05) is 43.9 Å². The number of halogens is 1. The Balaban J connectivity index is 1.20. The molecule has 30 heavy (non-hydrogen) atoms. The Labute approximate surface area is 190 Å². The predicted molar refractivity (Wildman–Crippen MR) is 126 cm³/mol. The number of amides is 1. The Hall–Kier alpha value is -1.96. The Morgan fingerprint density at radius 2 is 1.93 bits per heavy atom. The Bertz CT molecular complexity index is 1000. The van der Waals surface area contributed by atoms with Gasteiger partial charge in [-0.1, -0.05) is 22.9 Å². The number of fused-ring (bicyclic) bond motifs is 1. The van der Waals surface area contributed by atoms with Gasteiger partial charge in [0.05, 0.1) is 17.3 Å². The number of thiazole rings is 1. The first kappa shape index (κ1) is 21.3. The van der Waals surface area contributed by atoms with Crippen LogP contribution < -0.4 is 9.64 Å². The zero-order chi connectivity index (χ0) is 20.9. The van der Waals surface area contributed by atoms with Gasteiger partial charge in [0.25, 0.3) is 0 Å². The Morgan fingerprint density at radius 1 is 1.17 bits per heavy atom. The highest BCUT2D eigenvalue weighted by Gasteiger charge is 2.22. The van der Waals surface area contributed by atoms with Crippen molar-refractivity contribution in [2.45, 2.75) is 17.7 Å². The topological polar surface area (TPSA) is 45.7 Å². The first-order chi connectivity index (χ1) is 14.6. The van der Waals surface area contributed by atoms with E-state index in [4.69, 9.17) is 21.3 Å². The van der Waals surface area contributed by atoms with E-state index in [2.05, 4.69) is 17.0 Å². The van der Waals surface area contributed by atoms with Gasteiger partial charge in [0.1, 0.15) is 5.75 Å². The van der Waals surface area contributed by atoms with E-state index in [0.29, 0.717) is 6.42 Å². The molecule has 3 aromatic rings. The molecule has 2 heterocycles. The van der Waals surface area contributed by atoms with Crippen molar-refractivity contribution in [3.63, 3.8) is 0 Å². The predicted octanol–water partition coefficient (Wildman–Crippen LogP) is 5.18. The van der Waals surface area contributed by atoms with Crippen LogP contribution in [0.25, 0.3) is 10.2 Å². The van der Waals surface area contributed by atoms with E-state index in [1.54, 1.807) is 30.2 Å². The van der Waals surface area contributed by atoms with Gasteiger partial charge in [0.2, 0.25) is 5.91 Å². The molecule has 1 fully saturated rings. The molecule has 0 atom stereocenters. The van der Waals surface area contributed by atoms with Gasteiger partial charge in [0.15, 0.2) is 5.13 Å². The molecule has 1 saturated heterocycles. The number of methoxy groups -OCH3 is 1. The fraction of sp³-hybridized carbons (Fsp3) is 0.364. The van der Waals surface area contributed by atoms with Crippen molar-refractivity contribution in [1.29, 1.82) is 0 Å². The molecule has 8 heteroatoms. The molecule has 0 spiro atoms. The molecule has 158 valence electrons. The summed E-state index contributed by atoms with van der Waals surface area (Å²) in [7, 11) is 1.67. The average molecular weight is 462 g/mol. The molecule has 1 amide bonds. The molecule has 0 unspecified atom stereocenters. The van der Waals surface area contributed by atoms with Crippen molar-refractivity contribution in [3.05, 3.63) is 47.5 Å². The standard InChI is InChI=1S/C22H24ClN3O2S2/c1-28-17-5-7-18(8-6-17)29-14-2-3-21(27)25-10-12-26(13-11-25)22-24-19-9-4-16(23)15-20(19)30-22/h4-9,15H,2-3,10-14H2,1H3. The largest absolute Gasteiger partial charge is 0.497 e. The lowest BCUT2D eigenvalue weighted by atomic mass is 10.2. The van der Waals surface area contributed by atoms with Crippen LogP contribution in [0.15, 0.2) is 47.4 Å². The molecule has 0 radical (unpaired) electrons. The number of aromatic nitrogens is 1. The Kier molecular flexibility index (Phi) is 7.02. The molecule has 2 aromatic carbocycles. The summed E-state index contributed by atoms with van der Waals surface area (Å²) in [5, 5.41) is 1.74. The monoisotopic (exact) mass is 461 g/mol. The molecular weight excluding hydrogens is 438 g/mol. The van der Waals surface area contributed by atoms with Gasteiger partial charge in [-0.2, -0.15) is 0 Å². The lowest BCUT2D eigenvalue weighted by Crippen LogP contribution is -2.48. The van der Waals surface area contributed by atoms with Crippen LogP contribution in [0, 0.1) is 0 Å². The van der Waals surface area contributed by atoms with Gasteiger partial charge < -0.3 is 14.5 Å². The fourth-order valence-corrected chi connectivity index (χ4v) is 5.56. The number of benzene rings is 2. The maximum Gasteiger partial charge on any atom is 0.222 e. The van der Waals surface area contributed by atoms with Gasteiger partial charge >= 0.3 is 0 Å². The van der Waals surface area contributed by atoms with Crippen LogP contribution in [0.4, 0.5) is 5.13 Å². The number of rotatable bonds is 7. The van der Waals surface area contributed by atoms with Crippen molar-refractivity contribution in [3.8, 4) is 5.75 Å². The van der Waals surface area contributed by atoms with Crippen LogP contribution >= 0.6 is 34.7 Å². The van der Waals surface area contributed by atoms with Crippen LogP contribution in [-0.4, -0.2) is 54.8 Å². The summed E-state index contributed by atoms with van der Waals surface area (Å²) < 4.78 is 6.28. The zero-order valence-corrected chi connectivity index (χ0v) is 19.2. The first-order valence-corrected chi connectivity index (χ1v) is 12.2. The summed E-state index contributed by atoms with van der Waals surface area (Å²) in [5.74, 6) is 2.05. The number of piperazine rings is 1. The molecule has 4 rings (SSSR count). The smallest absolute Gasteiger partial charge is 0.222 e. The van der Waals surface area contributed by atoms with Gasteiger partial charge in [-0.15, -0.1) is 11.8 Å². The van der Waals surface area contributed by atoms with E-state index >= 15 is 0 Å². The molecular formula is C22H24ClN3O2S2. The minimum atomic E-state index is 0.251. The van der Waals surface area contributed by atoms with E-state index in [9.17, 15) is 4.79 Å². The second-order valence-corrected chi connectivity index (χ2v) is 9.72. The van der Waals surface area contributed by atoms with E-state index in [1.165, 1.54) is 4.90 Å². The SMILES string of the molecule is COc1ccc(SCCCC(=O)N2CCN(c3nc4ccc(Cl)cc4s3)CC2)cc1. The minimum absolute atomic E-state index is 0.251. The second-order valence-electron chi connectivity index (χ2n) is 7.10. The minimum Gasteiger partial charge on any atom is -0.497 e. The highest BCUT2D eigenvalue weighted by Crippen LogP contribution is 2.31. The van der Waals surface area contributed by atoms with Crippen molar-refractivity contribution < 1.29 is 9.53 Å². The number of hydrogen-bond acceptors (Lipinski definition) is 6. The second kappa shape index (κ2) is 9.90. The molecule has 0 bridgehead atoms. The van der Waals surface area contributed by atoms with Gasteiger partial charge in [-0.3, -0.25) is 4.79 Å².